The number of likely N-dealkylation sites (N-methyl/N-ethyl adjacent to an activating group) is 1. The van der Waals surface area contributed by atoms with Crippen molar-refractivity contribution in [2.45, 2.75) is 6.92 Å². The molecule has 2 heterocycles. The molecule has 0 unspecified atom stereocenters. The highest BCUT2D eigenvalue weighted by molar-refractivity contribution is 6.17. The zero-order chi connectivity index (χ0) is 20.8. The van der Waals surface area contributed by atoms with Crippen LogP contribution in [0.25, 0.3) is 16.9 Å². The second-order valence-corrected chi connectivity index (χ2v) is 5.89. The molecule has 0 spiro atoms. The Morgan fingerprint density at radius 3 is 2.69 bits per heavy atom. The number of fused-ring (bicyclic) bond motifs is 1. The molecule has 3 N–H and O–H groups in total. The summed E-state index contributed by atoms with van der Waals surface area (Å²) >= 11 is 0. The Morgan fingerprint density at radius 1 is 1.28 bits per heavy atom. The third-order valence-electron chi connectivity index (χ3n) is 4.05. The van der Waals surface area contributed by atoms with Gasteiger partial charge >= 0.3 is 5.97 Å². The first-order valence-corrected chi connectivity index (χ1v) is 8.88. The Hall–Kier alpha value is -4.01. The summed E-state index contributed by atoms with van der Waals surface area (Å²) in [7, 11) is 1.48. The number of rotatable bonds is 7. The van der Waals surface area contributed by atoms with E-state index < -0.39 is 11.9 Å². The van der Waals surface area contributed by atoms with Gasteiger partial charge in [0.05, 0.1) is 12.3 Å². The molecule has 148 valence electrons. The summed E-state index contributed by atoms with van der Waals surface area (Å²) in [6, 6.07) is 11.3. The van der Waals surface area contributed by atoms with Crippen LogP contribution in [0.4, 0.5) is 5.82 Å². The highest BCUT2D eigenvalue weighted by Gasteiger charge is 2.20. The van der Waals surface area contributed by atoms with Crippen molar-refractivity contribution >= 4 is 29.6 Å². The first-order chi connectivity index (χ1) is 14.1. The van der Waals surface area contributed by atoms with Gasteiger partial charge in [0.25, 0.3) is 5.91 Å². The second-order valence-electron chi connectivity index (χ2n) is 5.89. The molecule has 0 bridgehead atoms. The maximum absolute atomic E-state index is 12.6. The van der Waals surface area contributed by atoms with Gasteiger partial charge in [-0.05, 0) is 6.92 Å². The van der Waals surface area contributed by atoms with E-state index in [0.717, 1.165) is 17.5 Å². The number of carbonyl (C=O) groups is 2. The van der Waals surface area contributed by atoms with Gasteiger partial charge in [0.1, 0.15) is 29.1 Å². The molecule has 1 aromatic carbocycles. The van der Waals surface area contributed by atoms with Gasteiger partial charge in [-0.15, -0.1) is 0 Å². The third kappa shape index (κ3) is 4.29. The topological polar surface area (TPSA) is 121 Å². The van der Waals surface area contributed by atoms with E-state index >= 15 is 0 Å². The molecule has 3 rings (SSSR count). The average Bonchev–Trinajstić information content (AvgIpc) is 3.16. The number of hydrogen-bond donors (Lipinski definition) is 3. The predicted molar refractivity (Wildman–Crippen MR) is 109 cm³/mol. The van der Waals surface area contributed by atoms with Crippen LogP contribution in [0.2, 0.25) is 0 Å². The van der Waals surface area contributed by atoms with E-state index in [9.17, 15) is 9.59 Å². The minimum absolute atomic E-state index is 0.0894. The fourth-order valence-corrected chi connectivity index (χ4v) is 2.70. The average molecular weight is 392 g/mol. The van der Waals surface area contributed by atoms with Crippen molar-refractivity contribution in [1.29, 1.82) is 5.41 Å². The first kappa shape index (κ1) is 19.7. The summed E-state index contributed by atoms with van der Waals surface area (Å²) in [5, 5.41) is 12.7. The molecule has 29 heavy (non-hydrogen) atoms. The van der Waals surface area contributed by atoms with E-state index in [-0.39, 0.29) is 23.7 Å². The van der Waals surface area contributed by atoms with E-state index in [0.29, 0.717) is 5.65 Å². The molecule has 3 aromatic rings. The number of nitrogens with zero attached hydrogens (tertiary/aromatic N) is 3. The van der Waals surface area contributed by atoms with Crippen molar-refractivity contribution in [3.63, 3.8) is 0 Å². The van der Waals surface area contributed by atoms with Gasteiger partial charge in [0.15, 0.2) is 0 Å². The fraction of sp³-hybridized carbons (Fsp3) is 0.150. The Morgan fingerprint density at radius 2 is 2.03 bits per heavy atom. The molecule has 0 radical (unpaired) electrons. The fourth-order valence-electron chi connectivity index (χ4n) is 2.70. The number of amides is 1. The van der Waals surface area contributed by atoms with Crippen LogP contribution in [0, 0.1) is 5.41 Å². The summed E-state index contributed by atoms with van der Waals surface area (Å²) in [5.74, 6) is -1.12. The predicted octanol–water partition coefficient (Wildman–Crippen LogP) is 2.02. The molecule has 0 aliphatic rings. The number of hydrogen-bond acceptors (Lipinski definition) is 7. The lowest BCUT2D eigenvalue weighted by Gasteiger charge is -2.11. The molecule has 0 fully saturated rings. The Labute approximate surface area is 166 Å². The summed E-state index contributed by atoms with van der Waals surface area (Å²) < 4.78 is 6.63. The van der Waals surface area contributed by atoms with E-state index in [4.69, 9.17) is 10.1 Å². The molecular weight excluding hydrogens is 372 g/mol. The van der Waals surface area contributed by atoms with Crippen LogP contribution >= 0.6 is 0 Å². The van der Waals surface area contributed by atoms with Crippen molar-refractivity contribution in [1.82, 2.24) is 19.7 Å². The summed E-state index contributed by atoms with van der Waals surface area (Å²) in [4.78, 5) is 33.3. The lowest BCUT2D eigenvalue weighted by Crippen LogP contribution is -2.28. The largest absolute Gasteiger partial charge is 0.462 e. The van der Waals surface area contributed by atoms with Crippen molar-refractivity contribution in [2.75, 3.05) is 19.0 Å². The lowest BCUT2D eigenvalue weighted by atomic mass is 10.2. The van der Waals surface area contributed by atoms with Gasteiger partial charge in [-0.3, -0.25) is 9.20 Å². The molecule has 1 amide bonds. The van der Waals surface area contributed by atoms with Crippen molar-refractivity contribution in [3.8, 4) is 11.3 Å². The van der Waals surface area contributed by atoms with Gasteiger partial charge in [-0.1, -0.05) is 30.3 Å². The summed E-state index contributed by atoms with van der Waals surface area (Å²) in [6.45, 7) is 1.78. The van der Waals surface area contributed by atoms with Gasteiger partial charge in [-0.2, -0.15) is 0 Å². The number of benzene rings is 1. The summed E-state index contributed by atoms with van der Waals surface area (Å²) in [6.07, 6.45) is 4.16. The Balaban J connectivity index is 1.87. The van der Waals surface area contributed by atoms with Crippen molar-refractivity contribution in [2.24, 2.45) is 0 Å². The monoisotopic (exact) mass is 392 g/mol. The Bertz CT molecular complexity index is 1090. The van der Waals surface area contributed by atoms with E-state index in [2.05, 4.69) is 20.6 Å². The SMILES string of the molecule is CCOC(=O)/C(C=N)=C(/NC)C(=O)Nc1cc2nc(-c3ccccc3)cn2cn1. The molecule has 9 heteroatoms. The number of nitrogens with one attached hydrogen (secondary N) is 3. The number of esters is 1. The van der Waals surface area contributed by atoms with Crippen molar-refractivity contribution < 1.29 is 14.3 Å². The van der Waals surface area contributed by atoms with Crippen LogP contribution in [0.1, 0.15) is 6.92 Å². The third-order valence-corrected chi connectivity index (χ3v) is 4.05. The highest BCUT2D eigenvalue weighted by atomic mass is 16.5. The van der Waals surface area contributed by atoms with Crippen LogP contribution in [-0.2, 0) is 14.3 Å². The van der Waals surface area contributed by atoms with Gasteiger partial charge in [0, 0.05) is 31.1 Å². The van der Waals surface area contributed by atoms with Crippen LogP contribution in [-0.4, -0.2) is 46.1 Å². The van der Waals surface area contributed by atoms with E-state index in [1.54, 1.807) is 17.4 Å². The van der Waals surface area contributed by atoms with Gasteiger partial charge in [-0.25, -0.2) is 14.8 Å². The minimum Gasteiger partial charge on any atom is -0.462 e. The number of imidazole rings is 1. The van der Waals surface area contributed by atoms with Gasteiger partial charge < -0.3 is 20.8 Å². The highest BCUT2D eigenvalue weighted by Crippen LogP contribution is 2.19. The normalized spacial score (nSPS) is 11.5. The minimum atomic E-state index is -0.758. The summed E-state index contributed by atoms with van der Waals surface area (Å²) in [5.41, 5.74) is 2.07. The molecule has 0 aliphatic heterocycles. The maximum atomic E-state index is 12.6. The van der Waals surface area contributed by atoms with Crippen LogP contribution in [0.5, 0.6) is 0 Å². The van der Waals surface area contributed by atoms with Crippen LogP contribution in [0.3, 0.4) is 0 Å². The zero-order valence-corrected chi connectivity index (χ0v) is 16.0. The number of ether oxygens (including phenoxy) is 1. The maximum Gasteiger partial charge on any atom is 0.342 e. The molecule has 0 aliphatic carbocycles. The first-order valence-electron chi connectivity index (χ1n) is 8.88. The molecule has 2 aromatic heterocycles. The molecule has 9 nitrogen and oxygen atoms in total. The molecule has 0 saturated heterocycles. The molecule has 0 saturated carbocycles. The number of carbonyl (C=O) groups excluding carboxylic acids is 2. The quantitative estimate of drug-likeness (QED) is 0.321. The van der Waals surface area contributed by atoms with Crippen molar-refractivity contribution in [3.05, 3.63) is 60.2 Å². The molecule has 0 atom stereocenters. The van der Waals surface area contributed by atoms with Crippen LogP contribution in [0.15, 0.2) is 60.2 Å². The Kier molecular flexibility index (Phi) is 5.98. The second kappa shape index (κ2) is 8.79. The standard InChI is InChI=1S/C20H20N6O3/c1-3-29-20(28)14(10-21)18(22-2)19(27)25-16-9-17-24-15(11-26(17)12-23-16)13-7-5-4-6-8-13/h4-12,21-22H,3H2,1-2H3,(H,25,27)/b18-14+,21-10?. The number of anilines is 1. The van der Waals surface area contributed by atoms with E-state index in [1.165, 1.54) is 13.4 Å². The van der Waals surface area contributed by atoms with Crippen LogP contribution < -0.4 is 10.6 Å². The van der Waals surface area contributed by atoms with Gasteiger partial charge in [0.2, 0.25) is 0 Å². The smallest absolute Gasteiger partial charge is 0.342 e. The zero-order valence-electron chi connectivity index (χ0n) is 16.0. The lowest BCUT2D eigenvalue weighted by molar-refractivity contribution is -0.138. The number of aromatic nitrogens is 3. The van der Waals surface area contributed by atoms with E-state index in [1.807, 2.05) is 36.5 Å². The molecular formula is C20H20N6O3.